The number of fused-ring (bicyclic) bond motifs is 4. The molecule has 0 saturated carbocycles. The zero-order valence-electron chi connectivity index (χ0n) is 23.9. The first-order chi connectivity index (χ1) is 21.3. The summed E-state index contributed by atoms with van der Waals surface area (Å²) in [5.74, 6) is 1.98. The maximum Gasteiger partial charge on any atom is 0.319 e. The second-order valence-corrected chi connectivity index (χ2v) is 12.5. The van der Waals surface area contributed by atoms with Crippen LogP contribution in [0.2, 0.25) is 0 Å². The maximum absolute atomic E-state index is 16.7. The average Bonchev–Trinajstić information content (AvgIpc) is 3.77. The summed E-state index contributed by atoms with van der Waals surface area (Å²) in [7, 11) is 0. The van der Waals surface area contributed by atoms with Gasteiger partial charge in [-0.2, -0.15) is 9.97 Å². The van der Waals surface area contributed by atoms with Gasteiger partial charge in [0.25, 0.3) is 0 Å². The highest BCUT2D eigenvalue weighted by atomic mass is 19.1. The molecule has 11 heteroatoms. The molecule has 1 N–H and O–H groups in total. The number of hydrogen-bond acceptors (Lipinski definition) is 8. The molecule has 8 nitrogen and oxygen atoms in total. The number of anilines is 1. The van der Waals surface area contributed by atoms with Gasteiger partial charge in [0.05, 0.1) is 29.7 Å². The lowest BCUT2D eigenvalue weighted by atomic mass is 9.95. The first kappa shape index (κ1) is 27.4. The lowest BCUT2D eigenvalue weighted by molar-refractivity contribution is 0.107. The van der Waals surface area contributed by atoms with E-state index in [1.807, 2.05) is 0 Å². The summed E-state index contributed by atoms with van der Waals surface area (Å²) in [5, 5.41) is 11.6. The molecular formula is C33H30F3N5O3. The van der Waals surface area contributed by atoms with E-state index in [4.69, 9.17) is 20.9 Å². The van der Waals surface area contributed by atoms with E-state index in [2.05, 4.69) is 25.7 Å². The number of hydrogen-bond donors (Lipinski definition) is 1. The number of aromatic hydroxyl groups is 1. The molecule has 44 heavy (non-hydrogen) atoms. The summed E-state index contributed by atoms with van der Waals surface area (Å²) >= 11 is 0. The fourth-order valence-corrected chi connectivity index (χ4v) is 7.78. The van der Waals surface area contributed by atoms with Gasteiger partial charge in [-0.05, 0) is 43.0 Å². The van der Waals surface area contributed by atoms with Crippen molar-refractivity contribution in [2.75, 3.05) is 50.9 Å². The molecule has 4 saturated heterocycles. The first-order valence-electron chi connectivity index (χ1n) is 15.0. The third kappa shape index (κ3) is 4.26. The van der Waals surface area contributed by atoms with E-state index < -0.39 is 23.3 Å². The van der Waals surface area contributed by atoms with Crippen LogP contribution in [-0.4, -0.2) is 82.7 Å². The number of terminal acetylenes is 1. The topological polar surface area (TPSA) is 83.8 Å². The second kappa shape index (κ2) is 10.2. The third-order valence-corrected chi connectivity index (χ3v) is 9.87. The van der Waals surface area contributed by atoms with Crippen LogP contribution in [0.1, 0.15) is 24.8 Å². The van der Waals surface area contributed by atoms with Crippen molar-refractivity contribution in [1.82, 2.24) is 19.9 Å². The molecule has 0 radical (unpaired) electrons. The Kier molecular flexibility index (Phi) is 6.36. The number of rotatable bonds is 5. The Morgan fingerprint density at radius 2 is 1.95 bits per heavy atom. The molecule has 4 fully saturated rings. The standard InChI is InChI=1S/C33H30F3N5O3/c1-2-23-26(35)5-4-18-8-22(42)9-24(27(18)23)29-28(36)30-25(11-37-29)31(40-12-19-15-43-16-20(19)13-40)39-32(38-30)44-17-33-6-3-7-41(33)14-21(34)10-33/h1,4-5,8-9,11,19-21,42H,3,6-7,10,12-17H2. The second-order valence-electron chi connectivity index (χ2n) is 12.5. The number of aromatic nitrogens is 3. The Hall–Kier alpha value is -4.14. The largest absolute Gasteiger partial charge is 0.508 e. The van der Waals surface area contributed by atoms with E-state index in [1.165, 1.54) is 30.5 Å². The van der Waals surface area contributed by atoms with Crippen LogP contribution in [0.25, 0.3) is 32.9 Å². The van der Waals surface area contributed by atoms with Crippen molar-refractivity contribution in [1.29, 1.82) is 0 Å². The van der Waals surface area contributed by atoms with Crippen molar-refractivity contribution < 1.29 is 27.8 Å². The highest BCUT2D eigenvalue weighted by Crippen LogP contribution is 2.42. The molecule has 6 heterocycles. The Balaban J connectivity index is 1.27. The molecule has 0 aliphatic carbocycles. The van der Waals surface area contributed by atoms with Gasteiger partial charge in [-0.25, -0.2) is 13.2 Å². The molecule has 2 aromatic carbocycles. The Morgan fingerprint density at radius 1 is 1.14 bits per heavy atom. The van der Waals surface area contributed by atoms with Gasteiger partial charge < -0.3 is 19.5 Å². The average molecular weight is 602 g/mol. The summed E-state index contributed by atoms with van der Waals surface area (Å²) in [6, 6.07) is 5.45. The van der Waals surface area contributed by atoms with E-state index in [0.29, 0.717) is 67.7 Å². The van der Waals surface area contributed by atoms with Gasteiger partial charge in [0.15, 0.2) is 5.82 Å². The summed E-state index contributed by atoms with van der Waals surface area (Å²) in [4.78, 5) is 18.0. The Bertz CT molecular complexity index is 1850. The number of halogens is 3. The van der Waals surface area contributed by atoms with E-state index in [1.54, 1.807) is 0 Å². The fourth-order valence-electron chi connectivity index (χ4n) is 7.78. The van der Waals surface area contributed by atoms with Gasteiger partial charge in [0, 0.05) is 55.0 Å². The highest BCUT2D eigenvalue weighted by molar-refractivity contribution is 6.03. The smallest absolute Gasteiger partial charge is 0.319 e. The molecule has 0 amide bonds. The molecular weight excluding hydrogens is 571 g/mol. The Labute approximate surface area is 251 Å². The lowest BCUT2D eigenvalue weighted by Crippen LogP contribution is -2.43. The SMILES string of the molecule is C#Cc1c(F)ccc2cc(O)cc(-c3ncc4c(N5CC6COCC6C5)nc(OCC56CCCN5CC(F)C6)nc4c3F)c12. The quantitative estimate of drug-likeness (QED) is 0.326. The van der Waals surface area contributed by atoms with Crippen LogP contribution in [0.5, 0.6) is 11.8 Å². The predicted molar refractivity (Wildman–Crippen MR) is 158 cm³/mol. The van der Waals surface area contributed by atoms with Crippen molar-refractivity contribution in [2.24, 2.45) is 11.8 Å². The van der Waals surface area contributed by atoms with E-state index >= 15 is 4.39 Å². The number of ether oxygens (including phenoxy) is 2. The van der Waals surface area contributed by atoms with Crippen LogP contribution in [0.15, 0.2) is 30.5 Å². The molecule has 4 unspecified atom stereocenters. The number of pyridine rings is 1. The highest BCUT2D eigenvalue weighted by Gasteiger charge is 2.49. The van der Waals surface area contributed by atoms with Crippen molar-refractivity contribution in [3.05, 3.63) is 47.7 Å². The Morgan fingerprint density at radius 3 is 2.75 bits per heavy atom. The molecule has 4 aliphatic rings. The third-order valence-electron chi connectivity index (χ3n) is 9.87. The molecule has 2 aromatic heterocycles. The zero-order valence-corrected chi connectivity index (χ0v) is 23.9. The van der Waals surface area contributed by atoms with Crippen molar-refractivity contribution in [3.8, 4) is 35.4 Å². The maximum atomic E-state index is 16.7. The predicted octanol–water partition coefficient (Wildman–Crippen LogP) is 4.85. The van der Waals surface area contributed by atoms with E-state index in [9.17, 15) is 13.9 Å². The summed E-state index contributed by atoms with van der Waals surface area (Å²) in [6.45, 7) is 4.07. The summed E-state index contributed by atoms with van der Waals surface area (Å²) in [5.41, 5.74) is -0.505. The van der Waals surface area contributed by atoms with Crippen LogP contribution >= 0.6 is 0 Å². The minimum Gasteiger partial charge on any atom is -0.508 e. The monoisotopic (exact) mass is 601 g/mol. The fraction of sp³-hybridized carbons (Fsp3) is 0.424. The molecule has 4 aromatic rings. The molecule has 4 atom stereocenters. The van der Waals surface area contributed by atoms with Crippen LogP contribution in [0, 0.1) is 35.8 Å². The summed E-state index contributed by atoms with van der Waals surface area (Å²) < 4.78 is 57.8. The number of nitrogens with zero attached hydrogens (tertiary/aromatic N) is 5. The minimum absolute atomic E-state index is 0.00322. The van der Waals surface area contributed by atoms with Crippen LogP contribution in [0.4, 0.5) is 19.0 Å². The number of phenols is 1. The normalized spacial score (nSPS) is 26.4. The first-order valence-corrected chi connectivity index (χ1v) is 15.0. The van der Waals surface area contributed by atoms with E-state index in [0.717, 1.165) is 19.4 Å². The van der Waals surface area contributed by atoms with E-state index in [-0.39, 0.29) is 46.1 Å². The van der Waals surface area contributed by atoms with Gasteiger partial charge in [0.2, 0.25) is 0 Å². The lowest BCUT2D eigenvalue weighted by Gasteiger charge is -2.31. The minimum atomic E-state index is -0.917. The van der Waals surface area contributed by atoms with Gasteiger partial charge in [-0.15, -0.1) is 6.42 Å². The van der Waals surface area contributed by atoms with Gasteiger partial charge in [-0.3, -0.25) is 9.88 Å². The number of phenolic OH excluding ortho intramolecular Hbond substituents is 1. The molecule has 4 aliphatic heterocycles. The number of alkyl halides is 1. The van der Waals surface area contributed by atoms with Crippen LogP contribution in [-0.2, 0) is 4.74 Å². The summed E-state index contributed by atoms with van der Waals surface area (Å²) in [6.07, 6.45) is 8.40. The molecule has 0 spiro atoms. The molecule has 8 rings (SSSR count). The van der Waals surface area contributed by atoms with Gasteiger partial charge in [0.1, 0.15) is 41.4 Å². The van der Waals surface area contributed by atoms with Gasteiger partial charge in [-0.1, -0.05) is 12.0 Å². The van der Waals surface area contributed by atoms with Crippen molar-refractivity contribution in [3.63, 3.8) is 0 Å². The van der Waals surface area contributed by atoms with Crippen molar-refractivity contribution in [2.45, 2.75) is 31.0 Å². The zero-order chi connectivity index (χ0) is 30.2. The van der Waals surface area contributed by atoms with Crippen LogP contribution < -0.4 is 9.64 Å². The van der Waals surface area contributed by atoms with Gasteiger partial charge >= 0.3 is 6.01 Å². The van der Waals surface area contributed by atoms with Crippen molar-refractivity contribution >= 4 is 27.5 Å². The number of benzene rings is 2. The molecule has 0 bridgehead atoms. The van der Waals surface area contributed by atoms with Crippen LogP contribution in [0.3, 0.4) is 0 Å². The molecule has 226 valence electrons.